The maximum absolute atomic E-state index is 11.4. The first kappa shape index (κ1) is 22.3. The molecule has 1 heterocycles. The molecule has 1 aromatic carbocycles. The van der Waals surface area contributed by atoms with Crippen LogP contribution in [-0.2, 0) is 9.84 Å². The normalized spacial score (nSPS) is 16.2. The van der Waals surface area contributed by atoms with Gasteiger partial charge >= 0.3 is 0 Å². The number of nitrogens with zero attached hydrogens (tertiary/aromatic N) is 3. The van der Waals surface area contributed by atoms with Gasteiger partial charge in [0.05, 0.1) is 12.9 Å². The summed E-state index contributed by atoms with van der Waals surface area (Å²) in [6.07, 6.45) is 1.91. The van der Waals surface area contributed by atoms with Gasteiger partial charge in [-0.2, -0.15) is 0 Å². The van der Waals surface area contributed by atoms with E-state index in [1.165, 1.54) is 11.9 Å². The zero-order chi connectivity index (χ0) is 20.8. The van der Waals surface area contributed by atoms with Crippen molar-refractivity contribution >= 4 is 21.5 Å². The maximum Gasteiger partial charge on any atom is 0.193 e. The smallest absolute Gasteiger partial charge is 0.193 e. The average Bonchev–Trinajstić information content (AvgIpc) is 2.67. The van der Waals surface area contributed by atoms with E-state index >= 15 is 0 Å². The van der Waals surface area contributed by atoms with Gasteiger partial charge < -0.3 is 19.9 Å². The standard InChI is InChI=1S/C20H34N4O3S/c1-20(2,9-14-28(5,25)26)16-22-19(21-3)24-12-10-23(11-13-24)17-7-6-8-18(15-17)27-4/h6-8,15H,9-14,16H2,1-5H3,(H,21,22). The summed E-state index contributed by atoms with van der Waals surface area (Å²) < 4.78 is 28.2. The Labute approximate surface area is 169 Å². The van der Waals surface area contributed by atoms with Gasteiger partial charge in [0.15, 0.2) is 5.96 Å². The molecule has 158 valence electrons. The molecule has 1 aliphatic heterocycles. The van der Waals surface area contributed by atoms with E-state index in [0.717, 1.165) is 37.9 Å². The van der Waals surface area contributed by atoms with Gasteiger partial charge in [-0.1, -0.05) is 19.9 Å². The highest BCUT2D eigenvalue weighted by molar-refractivity contribution is 7.90. The predicted molar refractivity (Wildman–Crippen MR) is 116 cm³/mol. The molecule has 0 amide bonds. The van der Waals surface area contributed by atoms with E-state index in [0.29, 0.717) is 13.0 Å². The Morgan fingerprint density at radius 1 is 1.25 bits per heavy atom. The summed E-state index contributed by atoms with van der Waals surface area (Å²) in [5.41, 5.74) is 1.05. The summed E-state index contributed by atoms with van der Waals surface area (Å²) in [7, 11) is 0.534. The topological polar surface area (TPSA) is 74.2 Å². The fourth-order valence-corrected chi connectivity index (χ4v) is 4.11. The van der Waals surface area contributed by atoms with Gasteiger partial charge in [0.25, 0.3) is 0 Å². The van der Waals surface area contributed by atoms with Crippen LogP contribution in [0.4, 0.5) is 5.69 Å². The largest absolute Gasteiger partial charge is 0.497 e. The maximum atomic E-state index is 11.4. The van der Waals surface area contributed by atoms with Gasteiger partial charge in [0.2, 0.25) is 0 Å². The van der Waals surface area contributed by atoms with Crippen LogP contribution in [0.3, 0.4) is 0 Å². The van der Waals surface area contributed by atoms with Gasteiger partial charge in [-0.15, -0.1) is 0 Å². The summed E-state index contributed by atoms with van der Waals surface area (Å²) in [5.74, 6) is 1.95. The number of nitrogens with one attached hydrogen (secondary N) is 1. The Morgan fingerprint density at radius 3 is 2.50 bits per heavy atom. The average molecular weight is 411 g/mol. The number of hydrogen-bond acceptors (Lipinski definition) is 5. The third kappa shape index (κ3) is 6.89. The second kappa shape index (κ2) is 9.49. The molecule has 0 saturated carbocycles. The Hall–Kier alpha value is -1.96. The van der Waals surface area contributed by atoms with Crippen molar-refractivity contribution in [1.29, 1.82) is 0 Å². The summed E-state index contributed by atoms with van der Waals surface area (Å²) in [5, 5.41) is 3.43. The van der Waals surface area contributed by atoms with E-state index in [2.05, 4.69) is 46.1 Å². The van der Waals surface area contributed by atoms with Crippen molar-refractivity contribution < 1.29 is 13.2 Å². The second-order valence-electron chi connectivity index (χ2n) is 8.12. The van der Waals surface area contributed by atoms with E-state index in [1.54, 1.807) is 14.2 Å². The third-order valence-corrected chi connectivity index (χ3v) is 6.03. The zero-order valence-electron chi connectivity index (χ0n) is 17.7. The van der Waals surface area contributed by atoms with Crippen LogP contribution in [0.1, 0.15) is 20.3 Å². The van der Waals surface area contributed by atoms with Crippen molar-refractivity contribution in [3.63, 3.8) is 0 Å². The molecule has 0 spiro atoms. The van der Waals surface area contributed by atoms with Gasteiger partial charge in [0, 0.05) is 57.8 Å². The Balaban J connectivity index is 1.87. The minimum absolute atomic E-state index is 0.124. The SMILES string of the molecule is CN=C(NCC(C)(C)CCS(C)(=O)=O)N1CCN(c2cccc(OC)c2)CC1. The lowest BCUT2D eigenvalue weighted by atomic mass is 9.90. The number of benzene rings is 1. The summed E-state index contributed by atoms with van der Waals surface area (Å²) >= 11 is 0. The molecule has 8 heteroatoms. The molecule has 0 unspecified atom stereocenters. The van der Waals surface area contributed by atoms with Gasteiger partial charge in [-0.3, -0.25) is 4.99 Å². The van der Waals surface area contributed by atoms with Crippen LogP contribution in [0.2, 0.25) is 0 Å². The minimum Gasteiger partial charge on any atom is -0.497 e. The molecular weight excluding hydrogens is 376 g/mol. The highest BCUT2D eigenvalue weighted by atomic mass is 32.2. The van der Waals surface area contributed by atoms with Crippen LogP contribution < -0.4 is 15.0 Å². The Kier molecular flexibility index (Phi) is 7.57. The first-order valence-corrected chi connectivity index (χ1v) is 11.7. The van der Waals surface area contributed by atoms with Gasteiger partial charge in [-0.05, 0) is 24.0 Å². The number of ether oxygens (including phenoxy) is 1. The van der Waals surface area contributed by atoms with Crippen molar-refractivity contribution in [2.24, 2.45) is 10.4 Å². The fraction of sp³-hybridized carbons (Fsp3) is 0.650. The van der Waals surface area contributed by atoms with Crippen molar-refractivity contribution in [1.82, 2.24) is 10.2 Å². The molecule has 0 bridgehead atoms. The number of aliphatic imine (C=N–C) groups is 1. The summed E-state index contributed by atoms with van der Waals surface area (Å²) in [4.78, 5) is 9.03. The van der Waals surface area contributed by atoms with Crippen molar-refractivity contribution in [3.05, 3.63) is 24.3 Å². The summed E-state index contributed by atoms with van der Waals surface area (Å²) in [6, 6.07) is 8.14. The van der Waals surface area contributed by atoms with Gasteiger partial charge in [-0.25, -0.2) is 8.42 Å². The Bertz CT molecular complexity index is 769. The van der Waals surface area contributed by atoms with E-state index in [4.69, 9.17) is 4.74 Å². The number of piperazine rings is 1. The van der Waals surface area contributed by atoms with Crippen LogP contribution in [0.5, 0.6) is 5.75 Å². The molecule has 1 aliphatic rings. The number of methoxy groups -OCH3 is 1. The first-order valence-electron chi connectivity index (χ1n) is 9.66. The molecular formula is C20H34N4O3S. The highest BCUT2D eigenvalue weighted by Gasteiger charge is 2.24. The molecule has 1 aromatic rings. The van der Waals surface area contributed by atoms with E-state index in [1.807, 2.05) is 12.1 Å². The van der Waals surface area contributed by atoms with E-state index in [-0.39, 0.29) is 11.2 Å². The number of guanidine groups is 1. The second-order valence-corrected chi connectivity index (χ2v) is 10.4. The monoisotopic (exact) mass is 410 g/mol. The number of rotatable bonds is 7. The van der Waals surface area contributed by atoms with E-state index < -0.39 is 9.84 Å². The van der Waals surface area contributed by atoms with Crippen molar-refractivity contribution in [2.45, 2.75) is 20.3 Å². The van der Waals surface area contributed by atoms with Crippen molar-refractivity contribution in [3.8, 4) is 5.75 Å². The zero-order valence-corrected chi connectivity index (χ0v) is 18.6. The van der Waals surface area contributed by atoms with E-state index in [9.17, 15) is 8.42 Å². The first-order chi connectivity index (χ1) is 13.1. The summed E-state index contributed by atoms with van der Waals surface area (Å²) in [6.45, 7) is 8.42. The molecule has 0 aromatic heterocycles. The van der Waals surface area contributed by atoms with Crippen LogP contribution in [-0.4, -0.2) is 78.2 Å². The van der Waals surface area contributed by atoms with Gasteiger partial charge in [0.1, 0.15) is 15.6 Å². The van der Waals surface area contributed by atoms with Crippen LogP contribution >= 0.6 is 0 Å². The molecule has 1 saturated heterocycles. The molecule has 1 fully saturated rings. The lowest BCUT2D eigenvalue weighted by Crippen LogP contribution is -2.53. The van der Waals surface area contributed by atoms with Crippen LogP contribution in [0, 0.1) is 5.41 Å². The molecule has 0 aliphatic carbocycles. The number of sulfone groups is 1. The van der Waals surface area contributed by atoms with Crippen LogP contribution in [0.25, 0.3) is 0 Å². The minimum atomic E-state index is -2.94. The van der Waals surface area contributed by atoms with Crippen molar-refractivity contribution in [2.75, 3.05) is 63.8 Å². The Morgan fingerprint density at radius 2 is 1.93 bits per heavy atom. The quantitative estimate of drug-likeness (QED) is 0.546. The number of anilines is 1. The molecule has 2 rings (SSSR count). The predicted octanol–water partition coefficient (Wildman–Crippen LogP) is 1.85. The molecule has 7 nitrogen and oxygen atoms in total. The molecule has 1 N–H and O–H groups in total. The highest BCUT2D eigenvalue weighted by Crippen LogP contribution is 2.23. The lowest BCUT2D eigenvalue weighted by Gasteiger charge is -2.38. The van der Waals surface area contributed by atoms with Crippen LogP contribution in [0.15, 0.2) is 29.3 Å². The lowest BCUT2D eigenvalue weighted by molar-refractivity contribution is 0.327. The molecule has 0 atom stereocenters. The molecule has 28 heavy (non-hydrogen) atoms. The third-order valence-electron chi connectivity index (χ3n) is 5.08. The molecule has 0 radical (unpaired) electrons. The fourth-order valence-electron chi connectivity index (χ4n) is 3.18. The number of hydrogen-bond donors (Lipinski definition) is 1.